The molecule has 0 aliphatic rings. The maximum atomic E-state index is 12.0. The lowest BCUT2D eigenvalue weighted by atomic mass is 10.2. The summed E-state index contributed by atoms with van der Waals surface area (Å²) in [5, 5.41) is 10.6. The Hall–Kier alpha value is -2.06. The van der Waals surface area contributed by atoms with Crippen molar-refractivity contribution in [3.8, 4) is 11.8 Å². The van der Waals surface area contributed by atoms with Crippen molar-refractivity contribution in [2.75, 3.05) is 7.11 Å². The molecule has 0 fully saturated rings. The van der Waals surface area contributed by atoms with Crippen LogP contribution in [0.4, 0.5) is 18.9 Å². The van der Waals surface area contributed by atoms with Crippen molar-refractivity contribution in [1.29, 1.82) is 0 Å². The summed E-state index contributed by atoms with van der Waals surface area (Å²) in [6.07, 6.45) is -5.06. The van der Waals surface area contributed by atoms with Gasteiger partial charge < -0.3 is 9.47 Å². The summed E-state index contributed by atoms with van der Waals surface area (Å²) in [6.45, 7) is 1.26. The summed E-state index contributed by atoms with van der Waals surface area (Å²) in [5.74, 6) is -1.34. The molecule has 0 N–H and O–H groups in total. The van der Waals surface area contributed by atoms with Crippen LogP contribution in [-0.4, -0.2) is 23.4 Å². The molecule has 0 aromatic carbocycles. The van der Waals surface area contributed by atoms with Crippen LogP contribution in [0.3, 0.4) is 0 Å². The first-order valence-electron chi connectivity index (χ1n) is 4.20. The highest BCUT2D eigenvalue weighted by molar-refractivity contribution is 5.50. The molecule has 0 spiro atoms. The van der Waals surface area contributed by atoms with Gasteiger partial charge in [-0.3, -0.25) is 10.1 Å². The predicted octanol–water partition coefficient (Wildman–Crippen LogP) is 2.21. The molecule has 0 atom stereocenters. The van der Waals surface area contributed by atoms with Gasteiger partial charge >= 0.3 is 17.9 Å². The van der Waals surface area contributed by atoms with E-state index in [9.17, 15) is 23.3 Å². The third kappa shape index (κ3) is 3.20. The van der Waals surface area contributed by atoms with Crippen molar-refractivity contribution in [3.63, 3.8) is 0 Å². The summed E-state index contributed by atoms with van der Waals surface area (Å²) in [6, 6.07) is 1.14. The molecule has 1 aromatic rings. The molecule has 0 saturated heterocycles. The van der Waals surface area contributed by atoms with Crippen LogP contribution in [0, 0.1) is 17.0 Å². The molecular formula is C8H7F3N2O4. The molecule has 9 heteroatoms. The van der Waals surface area contributed by atoms with Crippen LogP contribution < -0.4 is 9.47 Å². The topological polar surface area (TPSA) is 74.5 Å². The minimum atomic E-state index is -5.06. The third-order valence-electron chi connectivity index (χ3n) is 1.73. The van der Waals surface area contributed by atoms with Gasteiger partial charge in [0.15, 0.2) is 0 Å². The number of ether oxygens (including phenoxy) is 2. The Kier molecular flexibility index (Phi) is 3.39. The van der Waals surface area contributed by atoms with Crippen LogP contribution in [0.5, 0.6) is 11.8 Å². The van der Waals surface area contributed by atoms with Crippen molar-refractivity contribution in [3.05, 3.63) is 21.7 Å². The summed E-state index contributed by atoms with van der Waals surface area (Å²) in [5.41, 5.74) is -0.885. The number of methoxy groups -OCH3 is 1. The number of rotatable bonds is 3. The first kappa shape index (κ1) is 13.0. The van der Waals surface area contributed by atoms with Crippen molar-refractivity contribution in [2.45, 2.75) is 13.3 Å². The number of aryl methyl sites for hydroxylation is 1. The Labute approximate surface area is 93.1 Å². The van der Waals surface area contributed by atoms with Crippen molar-refractivity contribution in [1.82, 2.24) is 4.98 Å². The van der Waals surface area contributed by atoms with Gasteiger partial charge in [-0.2, -0.15) is 4.98 Å². The van der Waals surface area contributed by atoms with E-state index in [2.05, 4.69) is 14.5 Å². The number of hydrogen-bond donors (Lipinski definition) is 0. The number of halogens is 3. The smallest absolute Gasteiger partial charge is 0.481 e. The number of pyridine rings is 1. The number of hydrogen-bond acceptors (Lipinski definition) is 5. The van der Waals surface area contributed by atoms with E-state index in [1.165, 1.54) is 14.0 Å². The molecule has 0 amide bonds. The fraction of sp³-hybridized carbons (Fsp3) is 0.375. The van der Waals surface area contributed by atoms with Crippen LogP contribution >= 0.6 is 0 Å². The quantitative estimate of drug-likeness (QED) is 0.609. The SMILES string of the molecule is COc1cc(C)c([N+](=O)[O-])c(OC(F)(F)F)n1. The summed E-state index contributed by atoms with van der Waals surface area (Å²) in [7, 11) is 1.17. The molecule has 0 radical (unpaired) electrons. The van der Waals surface area contributed by atoms with Gasteiger partial charge in [-0.05, 0) is 6.92 Å². The van der Waals surface area contributed by atoms with Crippen LogP contribution in [0.1, 0.15) is 5.56 Å². The molecule has 0 saturated carbocycles. The van der Waals surface area contributed by atoms with Gasteiger partial charge in [0.1, 0.15) is 0 Å². The van der Waals surface area contributed by atoms with E-state index in [0.29, 0.717) is 0 Å². The molecular weight excluding hydrogens is 245 g/mol. The zero-order valence-corrected chi connectivity index (χ0v) is 8.74. The molecule has 1 heterocycles. The Morgan fingerprint density at radius 2 is 2.06 bits per heavy atom. The van der Waals surface area contributed by atoms with Gasteiger partial charge in [0.25, 0.3) is 0 Å². The number of alkyl halides is 3. The molecule has 0 aliphatic carbocycles. The monoisotopic (exact) mass is 252 g/mol. The minimum absolute atomic E-state index is 0.0406. The van der Waals surface area contributed by atoms with Crippen LogP contribution in [0.25, 0.3) is 0 Å². The minimum Gasteiger partial charge on any atom is -0.481 e. The van der Waals surface area contributed by atoms with E-state index < -0.39 is 22.9 Å². The second-order valence-electron chi connectivity index (χ2n) is 2.94. The highest BCUT2D eigenvalue weighted by atomic mass is 19.4. The second-order valence-corrected chi connectivity index (χ2v) is 2.94. The summed E-state index contributed by atoms with van der Waals surface area (Å²) in [4.78, 5) is 12.9. The lowest BCUT2D eigenvalue weighted by Crippen LogP contribution is -2.19. The predicted molar refractivity (Wildman–Crippen MR) is 48.9 cm³/mol. The third-order valence-corrected chi connectivity index (χ3v) is 1.73. The maximum Gasteiger partial charge on any atom is 0.574 e. The largest absolute Gasteiger partial charge is 0.574 e. The van der Waals surface area contributed by atoms with Crippen molar-refractivity contribution in [2.24, 2.45) is 0 Å². The Bertz CT molecular complexity index is 447. The fourth-order valence-corrected chi connectivity index (χ4v) is 1.11. The maximum absolute atomic E-state index is 12.0. The van der Waals surface area contributed by atoms with Crippen LogP contribution in [-0.2, 0) is 0 Å². The molecule has 94 valence electrons. The zero-order chi connectivity index (χ0) is 13.2. The van der Waals surface area contributed by atoms with Gasteiger partial charge in [-0.15, -0.1) is 13.2 Å². The normalized spacial score (nSPS) is 11.1. The van der Waals surface area contributed by atoms with Gasteiger partial charge in [0.2, 0.25) is 5.88 Å². The van der Waals surface area contributed by atoms with Crippen LogP contribution in [0.2, 0.25) is 0 Å². The molecule has 1 aromatic heterocycles. The zero-order valence-electron chi connectivity index (χ0n) is 8.74. The standard InChI is InChI=1S/C8H7F3N2O4/c1-4-3-5(16-2)12-7(6(4)13(14)15)17-8(9,10)11/h3H,1-2H3. The Morgan fingerprint density at radius 1 is 1.47 bits per heavy atom. The van der Waals surface area contributed by atoms with E-state index in [1.54, 1.807) is 0 Å². The van der Waals surface area contributed by atoms with E-state index >= 15 is 0 Å². The Balaban J connectivity index is 3.32. The first-order chi connectivity index (χ1) is 7.74. The molecule has 0 unspecified atom stereocenters. The summed E-state index contributed by atoms with van der Waals surface area (Å²) >= 11 is 0. The van der Waals surface area contributed by atoms with Crippen molar-refractivity contribution < 1.29 is 27.6 Å². The number of aromatic nitrogens is 1. The molecule has 0 bridgehead atoms. The number of nitro groups is 1. The highest BCUT2D eigenvalue weighted by Gasteiger charge is 2.36. The van der Waals surface area contributed by atoms with E-state index in [0.717, 1.165) is 6.07 Å². The highest BCUT2D eigenvalue weighted by Crippen LogP contribution is 2.34. The van der Waals surface area contributed by atoms with Gasteiger partial charge in [-0.25, -0.2) is 0 Å². The van der Waals surface area contributed by atoms with E-state index in [4.69, 9.17) is 0 Å². The average Bonchev–Trinajstić information content (AvgIpc) is 2.13. The average molecular weight is 252 g/mol. The molecule has 17 heavy (non-hydrogen) atoms. The molecule has 0 aliphatic heterocycles. The van der Waals surface area contributed by atoms with E-state index in [1.807, 2.05) is 0 Å². The van der Waals surface area contributed by atoms with E-state index in [-0.39, 0.29) is 11.4 Å². The number of nitrogens with zero attached hydrogens (tertiary/aromatic N) is 2. The van der Waals surface area contributed by atoms with Gasteiger partial charge in [0.05, 0.1) is 12.0 Å². The fourth-order valence-electron chi connectivity index (χ4n) is 1.11. The molecule has 6 nitrogen and oxygen atoms in total. The van der Waals surface area contributed by atoms with Gasteiger partial charge in [-0.1, -0.05) is 0 Å². The molecule has 1 rings (SSSR count). The van der Waals surface area contributed by atoms with Crippen LogP contribution in [0.15, 0.2) is 6.07 Å². The van der Waals surface area contributed by atoms with Crippen molar-refractivity contribution >= 4 is 5.69 Å². The summed E-state index contributed by atoms with van der Waals surface area (Å²) < 4.78 is 44.2. The Morgan fingerprint density at radius 3 is 2.47 bits per heavy atom. The van der Waals surface area contributed by atoms with Gasteiger partial charge in [0, 0.05) is 11.6 Å². The first-order valence-corrected chi connectivity index (χ1v) is 4.20. The lowest BCUT2D eigenvalue weighted by molar-refractivity contribution is -0.389. The lowest BCUT2D eigenvalue weighted by Gasteiger charge is -2.10. The second kappa shape index (κ2) is 4.44.